The highest BCUT2D eigenvalue weighted by molar-refractivity contribution is 5.99. The molecule has 2 amide bonds. The molecule has 0 unspecified atom stereocenters. The average molecular weight is 386 g/mol. The van der Waals surface area contributed by atoms with Crippen LogP contribution in [-0.4, -0.2) is 50.5 Å². The third-order valence-corrected chi connectivity index (χ3v) is 3.95. The molecule has 0 saturated carbocycles. The second-order valence-electron chi connectivity index (χ2n) is 6.25. The predicted octanol–water partition coefficient (Wildman–Crippen LogP) is -0.0320. The Bertz CT molecular complexity index is 807. The van der Waals surface area contributed by atoms with Gasteiger partial charge >= 0.3 is 6.03 Å². The molecule has 1 aromatic carbocycles. The summed E-state index contributed by atoms with van der Waals surface area (Å²) < 4.78 is 0. The smallest absolute Gasteiger partial charge is 0.360 e. The summed E-state index contributed by atoms with van der Waals surface area (Å²) in [4.78, 5) is 36.7. The number of Topliss-reactive ketones (excluding diaryl/α,β-unsaturated/α-hetero) is 1. The van der Waals surface area contributed by atoms with Gasteiger partial charge in [0.05, 0.1) is 6.04 Å². The Morgan fingerprint density at radius 2 is 1.93 bits per heavy atom. The Labute approximate surface area is 162 Å². The van der Waals surface area contributed by atoms with Gasteiger partial charge in [0.15, 0.2) is 11.6 Å². The molecule has 5 N–H and O–H groups in total. The first kappa shape index (κ1) is 21.2. The number of nitrogens with zero attached hydrogens (tertiary/aromatic N) is 4. The van der Waals surface area contributed by atoms with Crippen molar-refractivity contribution in [2.45, 2.75) is 38.6 Å². The molecule has 1 heterocycles. The highest BCUT2D eigenvalue weighted by atomic mass is 16.2. The van der Waals surface area contributed by atoms with Crippen molar-refractivity contribution in [3.05, 3.63) is 47.6 Å². The fraction of sp³-hybridized carbons (Fsp3) is 0.389. The van der Waals surface area contributed by atoms with Crippen LogP contribution >= 0.6 is 0 Å². The summed E-state index contributed by atoms with van der Waals surface area (Å²) in [5.41, 5.74) is 11.9. The Kier molecular flexibility index (Phi) is 7.76. The fourth-order valence-corrected chi connectivity index (χ4v) is 2.45. The molecule has 0 fully saturated rings. The normalized spacial score (nSPS) is 12.0. The van der Waals surface area contributed by atoms with Crippen molar-refractivity contribution >= 4 is 17.7 Å². The molecule has 1 atom stereocenters. The highest BCUT2D eigenvalue weighted by Gasteiger charge is 2.31. The summed E-state index contributed by atoms with van der Waals surface area (Å²) in [6.07, 6.45) is 1.07. The van der Waals surface area contributed by atoms with Crippen LogP contribution in [0.15, 0.2) is 30.3 Å². The monoisotopic (exact) mass is 386 g/mol. The van der Waals surface area contributed by atoms with Crippen LogP contribution in [0.1, 0.15) is 37.6 Å². The van der Waals surface area contributed by atoms with Crippen molar-refractivity contribution in [3.63, 3.8) is 0 Å². The Balaban J connectivity index is 2.23. The lowest BCUT2D eigenvalue weighted by atomic mass is 9.89. The van der Waals surface area contributed by atoms with Crippen LogP contribution in [0.3, 0.4) is 0 Å². The third kappa shape index (κ3) is 5.95. The first-order valence-electron chi connectivity index (χ1n) is 8.98. The van der Waals surface area contributed by atoms with E-state index in [-0.39, 0.29) is 31.0 Å². The van der Waals surface area contributed by atoms with Crippen molar-refractivity contribution in [3.8, 4) is 0 Å². The van der Waals surface area contributed by atoms with Crippen molar-refractivity contribution < 1.29 is 14.4 Å². The third-order valence-electron chi connectivity index (χ3n) is 3.95. The molecule has 28 heavy (non-hydrogen) atoms. The first-order valence-corrected chi connectivity index (χ1v) is 8.98. The van der Waals surface area contributed by atoms with E-state index in [2.05, 4.69) is 20.7 Å². The van der Waals surface area contributed by atoms with E-state index < -0.39 is 23.8 Å². The van der Waals surface area contributed by atoms with Gasteiger partial charge in [0.2, 0.25) is 5.91 Å². The standard InChI is InChI=1S/C18H24N7O3/c1-2-10-21-18(28)25-23-17(22-24-25)13(11-12-6-4-3-5-7-12)16(27)14(19)8-9-15(20)26/h3-7,14H,2,8-11,19H2,1H3,(H2,20,26)(H,21,28)/t14-/m0/s1. The predicted molar refractivity (Wildman–Crippen MR) is 101 cm³/mol. The van der Waals surface area contributed by atoms with Gasteiger partial charge in [0, 0.05) is 13.0 Å². The van der Waals surface area contributed by atoms with Gasteiger partial charge in [-0.25, -0.2) is 4.79 Å². The number of carbonyl (C=O) groups excluding carboxylic acids is 3. The number of hydrogen-bond donors (Lipinski definition) is 3. The number of hydrogen-bond acceptors (Lipinski definition) is 7. The van der Waals surface area contributed by atoms with E-state index in [1.807, 2.05) is 37.3 Å². The van der Waals surface area contributed by atoms with Gasteiger partial charge in [-0.15, -0.1) is 10.2 Å². The van der Waals surface area contributed by atoms with Crippen molar-refractivity contribution in [1.82, 2.24) is 25.5 Å². The lowest BCUT2D eigenvalue weighted by Gasteiger charge is -2.16. The van der Waals surface area contributed by atoms with Gasteiger partial charge in [0.25, 0.3) is 0 Å². The average Bonchev–Trinajstić information content (AvgIpc) is 3.18. The number of ketones is 1. The zero-order valence-electron chi connectivity index (χ0n) is 15.7. The Hall–Kier alpha value is -3.14. The van der Waals surface area contributed by atoms with E-state index in [1.54, 1.807) is 0 Å². The second-order valence-corrected chi connectivity index (χ2v) is 6.25. The van der Waals surface area contributed by atoms with Gasteiger partial charge < -0.3 is 16.8 Å². The van der Waals surface area contributed by atoms with Crippen LogP contribution in [0.4, 0.5) is 4.79 Å². The summed E-state index contributed by atoms with van der Waals surface area (Å²) >= 11 is 0. The quantitative estimate of drug-likeness (QED) is 0.517. The molecule has 10 heteroatoms. The van der Waals surface area contributed by atoms with Crippen LogP contribution in [0.5, 0.6) is 0 Å². The second kappa shape index (κ2) is 10.3. The number of amides is 2. The molecule has 0 bridgehead atoms. The number of nitrogens with two attached hydrogens (primary N) is 2. The van der Waals surface area contributed by atoms with Gasteiger partial charge in [-0.3, -0.25) is 9.59 Å². The van der Waals surface area contributed by atoms with Gasteiger partial charge in [0.1, 0.15) is 5.92 Å². The number of benzene rings is 1. The maximum Gasteiger partial charge on any atom is 0.360 e. The number of aromatic nitrogens is 4. The maximum absolute atomic E-state index is 12.9. The molecule has 1 radical (unpaired) electrons. The maximum atomic E-state index is 12.9. The van der Waals surface area contributed by atoms with E-state index in [0.29, 0.717) is 6.54 Å². The Morgan fingerprint density at radius 3 is 2.57 bits per heavy atom. The largest absolute Gasteiger partial charge is 0.370 e. The van der Waals surface area contributed by atoms with Crippen LogP contribution in [0.2, 0.25) is 0 Å². The summed E-state index contributed by atoms with van der Waals surface area (Å²) in [5, 5.41) is 14.2. The van der Waals surface area contributed by atoms with E-state index >= 15 is 0 Å². The molecule has 0 saturated heterocycles. The van der Waals surface area contributed by atoms with Gasteiger partial charge in [-0.1, -0.05) is 42.1 Å². The highest BCUT2D eigenvalue weighted by Crippen LogP contribution is 2.20. The molecule has 0 aliphatic rings. The van der Waals surface area contributed by atoms with Crippen LogP contribution < -0.4 is 16.8 Å². The molecule has 10 nitrogen and oxygen atoms in total. The van der Waals surface area contributed by atoms with Crippen LogP contribution in [-0.2, 0) is 16.0 Å². The SMILES string of the molecule is CCCNC(=O)n1nnc([C](Cc2ccccc2)C(=O)[C@@H](N)CCC(N)=O)n1. The van der Waals surface area contributed by atoms with E-state index in [1.165, 1.54) is 0 Å². The van der Waals surface area contributed by atoms with Gasteiger partial charge in [-0.2, -0.15) is 0 Å². The van der Waals surface area contributed by atoms with Crippen LogP contribution in [0, 0.1) is 5.92 Å². The fourth-order valence-electron chi connectivity index (χ4n) is 2.45. The molecular weight excluding hydrogens is 362 g/mol. The number of rotatable bonds is 10. The van der Waals surface area contributed by atoms with Gasteiger partial charge in [-0.05, 0) is 30.0 Å². The lowest BCUT2D eigenvalue weighted by Crippen LogP contribution is -2.37. The first-order chi connectivity index (χ1) is 13.4. The van der Waals surface area contributed by atoms with Crippen molar-refractivity contribution in [2.24, 2.45) is 11.5 Å². The molecular formula is C18H24N7O3. The van der Waals surface area contributed by atoms with E-state index in [9.17, 15) is 14.4 Å². The molecule has 149 valence electrons. The zero-order valence-corrected chi connectivity index (χ0v) is 15.7. The number of nitrogens with one attached hydrogen (secondary N) is 1. The summed E-state index contributed by atoms with van der Waals surface area (Å²) in [5.74, 6) is -0.712. The van der Waals surface area contributed by atoms with Crippen LogP contribution in [0.25, 0.3) is 0 Å². The molecule has 0 aliphatic carbocycles. The summed E-state index contributed by atoms with van der Waals surface area (Å²) in [6, 6.07) is 7.76. The zero-order chi connectivity index (χ0) is 20.5. The number of tetrazole rings is 1. The molecule has 2 rings (SSSR count). The molecule has 0 spiro atoms. The van der Waals surface area contributed by atoms with Crippen molar-refractivity contribution in [2.75, 3.05) is 6.54 Å². The molecule has 1 aromatic heterocycles. The summed E-state index contributed by atoms with van der Waals surface area (Å²) in [6.45, 7) is 2.38. The number of carbonyl (C=O) groups is 3. The molecule has 2 aromatic rings. The van der Waals surface area contributed by atoms with E-state index in [0.717, 1.165) is 16.8 Å². The minimum Gasteiger partial charge on any atom is -0.370 e. The molecule has 0 aliphatic heterocycles. The summed E-state index contributed by atoms with van der Waals surface area (Å²) in [7, 11) is 0. The minimum atomic E-state index is -0.938. The van der Waals surface area contributed by atoms with E-state index in [4.69, 9.17) is 11.5 Å². The van der Waals surface area contributed by atoms with Crippen molar-refractivity contribution in [1.29, 1.82) is 0 Å². The lowest BCUT2D eigenvalue weighted by molar-refractivity contribution is -0.119. The minimum absolute atomic E-state index is 0.00886. The topological polar surface area (TPSA) is 159 Å². The number of primary amides is 1. The Morgan fingerprint density at radius 1 is 1.21 bits per heavy atom.